The molecule has 1 fully saturated rings. The van der Waals surface area contributed by atoms with Crippen LogP contribution in [0, 0.1) is 6.92 Å². The van der Waals surface area contributed by atoms with Crippen molar-refractivity contribution in [2.75, 3.05) is 31.1 Å². The number of nitrogens with zero attached hydrogens (tertiary/aromatic N) is 4. The number of piperazine rings is 1. The molecule has 1 aromatic heterocycles. The molecule has 0 amide bonds. The summed E-state index contributed by atoms with van der Waals surface area (Å²) in [5.74, 6) is 1.68. The number of hydrogen-bond acceptors (Lipinski definition) is 5. The van der Waals surface area contributed by atoms with Gasteiger partial charge in [0, 0.05) is 44.1 Å². The van der Waals surface area contributed by atoms with Gasteiger partial charge in [0.25, 0.3) is 0 Å². The zero-order valence-corrected chi connectivity index (χ0v) is 18.5. The predicted octanol–water partition coefficient (Wildman–Crippen LogP) is 3.76. The Bertz CT molecular complexity index is 1080. The van der Waals surface area contributed by atoms with Gasteiger partial charge in [-0.3, -0.25) is 9.47 Å². The average Bonchev–Trinajstić information content (AvgIpc) is 3.23. The molecule has 3 aromatic rings. The van der Waals surface area contributed by atoms with Gasteiger partial charge in [-0.15, -0.1) is 0 Å². The van der Waals surface area contributed by atoms with Gasteiger partial charge in [-0.05, 0) is 61.7 Å². The van der Waals surface area contributed by atoms with Crippen LogP contribution in [0.2, 0.25) is 0 Å². The SMILES string of the molecule is Cc1cc2c(cc1-c1ccc(N3CCN(C(C)C)CC3)cc1)OCc1nc(CO)cn1-2. The Labute approximate surface area is 183 Å². The van der Waals surface area contributed by atoms with Crippen LogP contribution in [0.25, 0.3) is 16.8 Å². The Morgan fingerprint density at radius 1 is 1.06 bits per heavy atom. The van der Waals surface area contributed by atoms with Crippen LogP contribution >= 0.6 is 0 Å². The number of anilines is 1. The van der Waals surface area contributed by atoms with E-state index in [0.717, 1.165) is 43.4 Å². The highest BCUT2D eigenvalue weighted by molar-refractivity contribution is 5.74. The topological polar surface area (TPSA) is 53.8 Å². The van der Waals surface area contributed by atoms with Crippen LogP contribution in [-0.2, 0) is 13.2 Å². The van der Waals surface area contributed by atoms with E-state index in [-0.39, 0.29) is 6.61 Å². The summed E-state index contributed by atoms with van der Waals surface area (Å²) in [5, 5.41) is 9.41. The zero-order valence-electron chi connectivity index (χ0n) is 18.5. The van der Waals surface area contributed by atoms with Crippen molar-refractivity contribution >= 4 is 5.69 Å². The third kappa shape index (κ3) is 3.70. The minimum Gasteiger partial charge on any atom is -0.483 e. The highest BCUT2D eigenvalue weighted by atomic mass is 16.5. The first-order chi connectivity index (χ1) is 15.0. The van der Waals surface area contributed by atoms with Crippen LogP contribution in [0.3, 0.4) is 0 Å². The Morgan fingerprint density at radius 2 is 1.81 bits per heavy atom. The van der Waals surface area contributed by atoms with Gasteiger partial charge in [0.2, 0.25) is 0 Å². The van der Waals surface area contributed by atoms with Crippen LogP contribution in [-0.4, -0.2) is 51.8 Å². The van der Waals surface area contributed by atoms with Crippen molar-refractivity contribution in [1.29, 1.82) is 0 Å². The van der Waals surface area contributed by atoms with E-state index in [4.69, 9.17) is 4.74 Å². The second kappa shape index (κ2) is 8.02. The third-order valence-corrected chi connectivity index (χ3v) is 6.50. The number of aliphatic hydroxyl groups excluding tert-OH is 1. The molecule has 2 aliphatic rings. The van der Waals surface area contributed by atoms with Crippen molar-refractivity contribution in [3.63, 3.8) is 0 Å². The molecule has 1 N–H and O–H groups in total. The predicted molar refractivity (Wildman–Crippen MR) is 123 cm³/mol. The standard InChI is InChI=1S/C25H30N4O2/c1-17(2)27-8-10-28(11-9-27)21-6-4-19(5-7-21)22-13-24-23(12-18(22)3)29-14-20(15-30)26-25(29)16-31-24/h4-7,12-14,17,30H,8-11,15-16H2,1-3H3. The largest absolute Gasteiger partial charge is 0.483 e. The number of fused-ring (bicyclic) bond motifs is 3. The van der Waals surface area contributed by atoms with E-state index in [1.54, 1.807) is 0 Å². The number of hydrogen-bond donors (Lipinski definition) is 1. The van der Waals surface area contributed by atoms with Crippen molar-refractivity contribution < 1.29 is 9.84 Å². The number of rotatable bonds is 4. The summed E-state index contributed by atoms with van der Waals surface area (Å²) >= 11 is 0. The van der Waals surface area contributed by atoms with Crippen molar-refractivity contribution in [3.05, 3.63) is 59.7 Å². The zero-order chi connectivity index (χ0) is 21.5. The molecule has 0 radical (unpaired) electrons. The minimum absolute atomic E-state index is 0.0642. The van der Waals surface area contributed by atoms with Gasteiger partial charge < -0.3 is 14.7 Å². The van der Waals surface area contributed by atoms with Crippen LogP contribution in [0.15, 0.2) is 42.6 Å². The molecule has 0 atom stereocenters. The number of benzene rings is 2. The van der Waals surface area contributed by atoms with Gasteiger partial charge >= 0.3 is 0 Å². The molecule has 5 rings (SSSR count). The maximum absolute atomic E-state index is 9.41. The lowest BCUT2D eigenvalue weighted by molar-refractivity contribution is 0.209. The molecule has 6 heteroatoms. The fraction of sp³-hybridized carbons (Fsp3) is 0.400. The van der Waals surface area contributed by atoms with Gasteiger partial charge in [0.1, 0.15) is 12.4 Å². The van der Waals surface area contributed by atoms with Crippen LogP contribution in [0.1, 0.15) is 30.9 Å². The summed E-state index contributed by atoms with van der Waals surface area (Å²) in [5.41, 5.74) is 6.50. The molecule has 3 heterocycles. The third-order valence-electron chi connectivity index (χ3n) is 6.50. The molecule has 0 bridgehead atoms. The molecular weight excluding hydrogens is 388 g/mol. The van der Waals surface area contributed by atoms with E-state index in [2.05, 4.69) is 72.0 Å². The van der Waals surface area contributed by atoms with E-state index < -0.39 is 0 Å². The number of ether oxygens (including phenoxy) is 1. The molecule has 0 aliphatic carbocycles. The lowest BCUT2D eigenvalue weighted by atomic mass is 9.98. The number of aliphatic hydroxyl groups is 1. The Morgan fingerprint density at radius 3 is 2.48 bits per heavy atom. The van der Waals surface area contributed by atoms with Crippen LogP contribution < -0.4 is 9.64 Å². The smallest absolute Gasteiger partial charge is 0.151 e. The highest BCUT2D eigenvalue weighted by Crippen LogP contribution is 2.37. The normalized spacial score (nSPS) is 16.2. The van der Waals surface area contributed by atoms with E-state index in [9.17, 15) is 5.11 Å². The fourth-order valence-electron chi connectivity index (χ4n) is 4.64. The molecule has 2 aromatic carbocycles. The average molecular weight is 419 g/mol. The summed E-state index contributed by atoms with van der Waals surface area (Å²) in [6.45, 7) is 11.4. The molecule has 6 nitrogen and oxygen atoms in total. The lowest BCUT2D eigenvalue weighted by Gasteiger charge is -2.38. The van der Waals surface area contributed by atoms with E-state index in [1.165, 1.54) is 22.4 Å². The highest BCUT2D eigenvalue weighted by Gasteiger charge is 2.22. The monoisotopic (exact) mass is 418 g/mol. The van der Waals surface area contributed by atoms with Crippen molar-refractivity contribution in [1.82, 2.24) is 14.5 Å². The molecule has 162 valence electrons. The maximum atomic E-state index is 9.41. The minimum atomic E-state index is -0.0642. The van der Waals surface area contributed by atoms with E-state index in [0.29, 0.717) is 18.3 Å². The van der Waals surface area contributed by atoms with Crippen LogP contribution in [0.4, 0.5) is 5.69 Å². The van der Waals surface area contributed by atoms with Crippen molar-refractivity contribution in [2.24, 2.45) is 0 Å². The molecular formula is C25H30N4O2. The quantitative estimate of drug-likeness (QED) is 0.699. The molecule has 0 unspecified atom stereocenters. The first kappa shape index (κ1) is 20.1. The summed E-state index contributed by atoms with van der Waals surface area (Å²) in [6, 6.07) is 13.8. The Balaban J connectivity index is 1.39. The number of imidazole rings is 1. The van der Waals surface area contributed by atoms with Gasteiger partial charge in [-0.25, -0.2) is 4.98 Å². The number of aryl methyl sites for hydroxylation is 1. The van der Waals surface area contributed by atoms with Gasteiger partial charge in [-0.1, -0.05) is 12.1 Å². The second-order valence-electron chi connectivity index (χ2n) is 8.76. The molecule has 1 saturated heterocycles. The molecule has 0 saturated carbocycles. The van der Waals surface area contributed by atoms with E-state index in [1.807, 2.05) is 10.8 Å². The van der Waals surface area contributed by atoms with Crippen LogP contribution in [0.5, 0.6) is 5.75 Å². The van der Waals surface area contributed by atoms with Gasteiger partial charge in [0.15, 0.2) is 5.82 Å². The van der Waals surface area contributed by atoms with Gasteiger partial charge in [0.05, 0.1) is 18.0 Å². The first-order valence-electron chi connectivity index (χ1n) is 11.1. The summed E-state index contributed by atoms with van der Waals surface area (Å²) in [7, 11) is 0. The summed E-state index contributed by atoms with van der Waals surface area (Å²) in [4.78, 5) is 9.44. The Kier molecular flexibility index (Phi) is 5.20. The van der Waals surface area contributed by atoms with E-state index >= 15 is 0 Å². The molecule has 31 heavy (non-hydrogen) atoms. The van der Waals surface area contributed by atoms with Crippen molar-refractivity contribution in [2.45, 2.75) is 40.0 Å². The Hall–Kier alpha value is -2.83. The lowest BCUT2D eigenvalue weighted by Crippen LogP contribution is -2.48. The first-order valence-corrected chi connectivity index (χ1v) is 11.1. The molecule has 0 spiro atoms. The second-order valence-corrected chi connectivity index (χ2v) is 8.76. The van der Waals surface area contributed by atoms with Gasteiger partial charge in [-0.2, -0.15) is 0 Å². The van der Waals surface area contributed by atoms with Crippen molar-refractivity contribution in [3.8, 4) is 22.6 Å². The summed E-state index contributed by atoms with van der Waals surface area (Å²) < 4.78 is 8.02. The summed E-state index contributed by atoms with van der Waals surface area (Å²) in [6.07, 6.45) is 1.89. The number of aromatic nitrogens is 2. The fourth-order valence-corrected chi connectivity index (χ4v) is 4.64. The maximum Gasteiger partial charge on any atom is 0.151 e. The molecule has 2 aliphatic heterocycles.